The van der Waals surface area contributed by atoms with Crippen LogP contribution in [-0.2, 0) is 0 Å². The fraction of sp³-hybridized carbons (Fsp3) is 0. The molecule has 1 rings (SSSR count). The van der Waals surface area contributed by atoms with E-state index in [4.69, 9.17) is 5.21 Å². The molecule has 0 saturated carbocycles. The van der Waals surface area contributed by atoms with Gasteiger partial charge in [-0.25, -0.2) is 0 Å². The van der Waals surface area contributed by atoms with Gasteiger partial charge >= 0.3 is 48.9 Å². The van der Waals surface area contributed by atoms with Gasteiger partial charge in [-0.05, 0) is 12.1 Å². The molecule has 0 bridgehead atoms. The summed E-state index contributed by atoms with van der Waals surface area (Å²) in [6.45, 7) is 0. The number of aromatic nitrogens is 1. The van der Waals surface area contributed by atoms with Gasteiger partial charge in [-0.2, -0.15) is 4.73 Å². The summed E-state index contributed by atoms with van der Waals surface area (Å²) in [6, 6.07) is 5.13. The van der Waals surface area contributed by atoms with Gasteiger partial charge in [0.15, 0.2) is 0 Å². The first-order chi connectivity index (χ1) is 3.80. The number of nitrogens with zero attached hydrogens (tertiary/aromatic N) is 1. The molecule has 1 aromatic heterocycles. The molecule has 0 saturated heterocycles. The van der Waals surface area contributed by atoms with Gasteiger partial charge in [0.05, 0.1) is 0 Å². The normalized spacial score (nSPS) is 8.00. The van der Waals surface area contributed by atoms with Gasteiger partial charge in [0, 0.05) is 6.20 Å². The molecule has 1 N–H and O–H groups in total. The van der Waals surface area contributed by atoms with Crippen molar-refractivity contribution in [1.29, 1.82) is 0 Å². The fourth-order valence-electron chi connectivity index (χ4n) is 0.419. The Morgan fingerprint density at radius 1 is 1.56 bits per heavy atom. The zero-order chi connectivity index (χ0) is 5.98. The molecular weight excluding hydrogens is 259 g/mol. The first kappa shape index (κ1) is 9.74. The molecule has 4 heteroatoms. The molecule has 0 amide bonds. The maximum atomic E-state index is 8.73. The molecule has 0 spiro atoms. The van der Waals surface area contributed by atoms with Crippen molar-refractivity contribution in [2.24, 2.45) is 0 Å². The van der Waals surface area contributed by atoms with Crippen molar-refractivity contribution in [3.05, 3.63) is 29.0 Å². The Bertz CT molecular complexity index is 242. The van der Waals surface area contributed by atoms with Crippen LogP contribution in [0.5, 0.6) is 0 Å². The second-order valence-corrected chi connectivity index (χ2v) is 1.80. The molecule has 9 heavy (non-hydrogen) atoms. The van der Waals surface area contributed by atoms with E-state index in [0.29, 0.717) is 4.64 Å². The molecule has 1 heterocycles. The Kier molecular flexibility index (Phi) is 4.91. The maximum Gasteiger partial charge on any atom is 2.00 e. The van der Waals surface area contributed by atoms with Crippen LogP contribution < -0.4 is 0 Å². The van der Waals surface area contributed by atoms with Crippen molar-refractivity contribution in [3.8, 4) is 0 Å². The fourth-order valence-corrected chi connectivity index (χ4v) is 0.558. The van der Waals surface area contributed by atoms with E-state index in [9.17, 15) is 0 Å². The van der Waals surface area contributed by atoms with Gasteiger partial charge in [0.25, 0.3) is 0 Å². The summed E-state index contributed by atoms with van der Waals surface area (Å²) in [4.78, 5) is 0. The molecule has 0 aliphatic heterocycles. The van der Waals surface area contributed by atoms with E-state index in [0.717, 1.165) is 4.73 Å². The average Bonchev–Trinajstić information content (AvgIpc) is 1.77. The SMILES string of the molecule is On1ccccc1=S.[Ba+2].[H-].[H-]. The average molecular weight is 267 g/mol. The summed E-state index contributed by atoms with van der Waals surface area (Å²) in [6.07, 6.45) is 1.49. The molecule has 0 radical (unpaired) electrons. The zero-order valence-electron chi connectivity index (χ0n) is 6.82. The second kappa shape index (κ2) is 4.54. The van der Waals surface area contributed by atoms with Crippen molar-refractivity contribution < 1.29 is 8.06 Å². The van der Waals surface area contributed by atoms with Gasteiger partial charge in [0.1, 0.15) is 4.64 Å². The minimum absolute atomic E-state index is 0. The molecule has 0 aliphatic carbocycles. The second-order valence-electron chi connectivity index (χ2n) is 1.38. The van der Waals surface area contributed by atoms with Crippen molar-refractivity contribution >= 4 is 61.1 Å². The maximum absolute atomic E-state index is 8.73. The summed E-state index contributed by atoms with van der Waals surface area (Å²) >= 11 is 4.67. The number of hydrogen-bond acceptors (Lipinski definition) is 2. The molecule has 0 aromatic carbocycles. The smallest absolute Gasteiger partial charge is 1.00 e. The molecule has 0 unspecified atom stereocenters. The standard InChI is InChI=1S/C5H5NOS.Ba.2H/c7-6-4-2-1-3-5(6)8;;;/h1-4,7H;;;/q;+2;2*-1. The van der Waals surface area contributed by atoms with Gasteiger partial charge in [-0.3, -0.25) is 0 Å². The van der Waals surface area contributed by atoms with Crippen LogP contribution in [0.15, 0.2) is 24.4 Å². The Morgan fingerprint density at radius 2 is 2.22 bits per heavy atom. The molecule has 0 aliphatic rings. The molecule has 2 nitrogen and oxygen atoms in total. The predicted molar refractivity (Wildman–Crippen MR) is 40.4 cm³/mol. The summed E-state index contributed by atoms with van der Waals surface area (Å²) in [5, 5.41) is 8.73. The molecular formula is C5H7BaNOS. The van der Waals surface area contributed by atoms with Crippen molar-refractivity contribution in [2.45, 2.75) is 0 Å². The molecule has 46 valence electrons. The van der Waals surface area contributed by atoms with Crippen LogP contribution in [0.3, 0.4) is 0 Å². The first-order valence-electron chi connectivity index (χ1n) is 2.17. The number of pyridine rings is 1. The van der Waals surface area contributed by atoms with Crippen LogP contribution in [0.25, 0.3) is 0 Å². The summed E-state index contributed by atoms with van der Waals surface area (Å²) in [5.41, 5.74) is 0. The number of hydrogen-bond donors (Lipinski definition) is 1. The topological polar surface area (TPSA) is 25.2 Å². The first-order valence-corrected chi connectivity index (χ1v) is 2.58. The van der Waals surface area contributed by atoms with Gasteiger partial charge in [-0.15, -0.1) is 0 Å². The Labute approximate surface area is 102 Å². The Balaban J connectivity index is -0.000000213. The quantitative estimate of drug-likeness (QED) is 0.435. The summed E-state index contributed by atoms with van der Waals surface area (Å²) in [7, 11) is 0. The molecule has 0 atom stereocenters. The van der Waals surface area contributed by atoms with Crippen LogP contribution in [-0.4, -0.2) is 58.8 Å². The van der Waals surface area contributed by atoms with Crippen LogP contribution in [0, 0.1) is 4.64 Å². The van der Waals surface area contributed by atoms with Crippen LogP contribution in [0.2, 0.25) is 0 Å². The third-order valence-electron chi connectivity index (χ3n) is 0.803. The van der Waals surface area contributed by atoms with E-state index in [-0.39, 0.29) is 51.7 Å². The third kappa shape index (κ3) is 2.88. The van der Waals surface area contributed by atoms with Crippen LogP contribution in [0.4, 0.5) is 0 Å². The third-order valence-corrected chi connectivity index (χ3v) is 1.13. The summed E-state index contributed by atoms with van der Waals surface area (Å²) < 4.78 is 1.32. The Hall–Kier alpha value is 0.741. The van der Waals surface area contributed by atoms with Gasteiger partial charge in [-0.1, -0.05) is 18.3 Å². The van der Waals surface area contributed by atoms with Gasteiger partial charge < -0.3 is 8.06 Å². The van der Waals surface area contributed by atoms with E-state index in [1.807, 2.05) is 0 Å². The largest absolute Gasteiger partial charge is 2.00 e. The molecule has 0 fully saturated rings. The van der Waals surface area contributed by atoms with Crippen molar-refractivity contribution in [1.82, 2.24) is 4.73 Å². The van der Waals surface area contributed by atoms with Crippen molar-refractivity contribution in [2.75, 3.05) is 0 Å². The van der Waals surface area contributed by atoms with E-state index in [1.165, 1.54) is 6.20 Å². The van der Waals surface area contributed by atoms with Crippen molar-refractivity contribution in [3.63, 3.8) is 0 Å². The minimum Gasteiger partial charge on any atom is -1.00 e. The Morgan fingerprint density at radius 3 is 2.56 bits per heavy atom. The van der Waals surface area contributed by atoms with E-state index < -0.39 is 0 Å². The summed E-state index contributed by atoms with van der Waals surface area (Å²) in [5.74, 6) is 0. The van der Waals surface area contributed by atoms with Crippen LogP contribution in [0.1, 0.15) is 2.85 Å². The van der Waals surface area contributed by atoms with E-state index >= 15 is 0 Å². The van der Waals surface area contributed by atoms with E-state index in [2.05, 4.69) is 12.2 Å². The minimum atomic E-state index is 0. The van der Waals surface area contributed by atoms with Crippen LogP contribution >= 0.6 is 12.2 Å². The predicted octanol–water partition coefficient (Wildman–Crippen LogP) is 1.30. The van der Waals surface area contributed by atoms with E-state index in [1.54, 1.807) is 18.2 Å². The molecule has 1 aromatic rings. The van der Waals surface area contributed by atoms with Gasteiger partial charge in [0.2, 0.25) is 0 Å². The number of rotatable bonds is 0. The zero-order valence-corrected chi connectivity index (χ0v) is 10.1. The monoisotopic (exact) mass is 267 g/mol.